The third-order valence-electron chi connectivity index (χ3n) is 7.58. The molecule has 0 atom stereocenters. The van der Waals surface area contributed by atoms with Gasteiger partial charge in [-0.1, -0.05) is 109 Å². The lowest BCUT2D eigenvalue weighted by molar-refractivity contribution is 1.18. The summed E-state index contributed by atoms with van der Waals surface area (Å²) in [5, 5.41) is 5.83. The van der Waals surface area contributed by atoms with Crippen LogP contribution in [0.3, 0.4) is 0 Å². The van der Waals surface area contributed by atoms with Crippen molar-refractivity contribution in [2.24, 2.45) is 0 Å². The summed E-state index contributed by atoms with van der Waals surface area (Å²) in [6.07, 6.45) is 0. The second-order valence-electron chi connectivity index (χ2n) is 9.86. The highest BCUT2D eigenvalue weighted by atomic mass is 15.0. The Hall–Kier alpha value is -5.28. The first kappa shape index (κ1) is 21.8. The van der Waals surface area contributed by atoms with Crippen LogP contribution in [0.25, 0.3) is 71.8 Å². The quantitative estimate of drug-likeness (QED) is 0.228. The first-order valence-electron chi connectivity index (χ1n) is 13.2. The molecule has 2 heterocycles. The molecular weight excluding hydrogens is 474 g/mol. The molecule has 0 aliphatic carbocycles. The molecule has 8 aromatic rings. The number of para-hydroxylation sites is 2. The Balaban J connectivity index is 1.47. The Morgan fingerprint density at radius 3 is 1.72 bits per heavy atom. The largest absolute Gasteiger partial charge is 0.309 e. The van der Waals surface area contributed by atoms with Crippen molar-refractivity contribution in [2.45, 2.75) is 0 Å². The van der Waals surface area contributed by atoms with E-state index in [1.54, 1.807) is 0 Å². The smallest absolute Gasteiger partial charge is 0.160 e. The predicted octanol–water partition coefficient (Wildman–Crippen LogP) is 9.21. The van der Waals surface area contributed by atoms with Gasteiger partial charge in [-0.25, -0.2) is 9.97 Å². The highest BCUT2D eigenvalue weighted by Crippen LogP contribution is 2.36. The van der Waals surface area contributed by atoms with Gasteiger partial charge in [0.2, 0.25) is 0 Å². The number of rotatable bonds is 3. The van der Waals surface area contributed by atoms with Gasteiger partial charge in [0.05, 0.1) is 22.2 Å². The monoisotopic (exact) mass is 497 g/mol. The molecule has 0 radical (unpaired) electrons. The van der Waals surface area contributed by atoms with Gasteiger partial charge in [-0.3, -0.25) is 0 Å². The number of nitrogens with zero attached hydrogens (tertiary/aromatic N) is 3. The molecule has 0 aliphatic heterocycles. The van der Waals surface area contributed by atoms with Gasteiger partial charge in [0, 0.05) is 38.4 Å². The fourth-order valence-corrected chi connectivity index (χ4v) is 5.77. The molecule has 39 heavy (non-hydrogen) atoms. The van der Waals surface area contributed by atoms with Crippen LogP contribution in [-0.2, 0) is 0 Å². The van der Waals surface area contributed by atoms with Crippen LogP contribution in [0, 0.1) is 0 Å². The molecule has 0 bridgehead atoms. The first-order valence-corrected chi connectivity index (χ1v) is 13.2. The second-order valence-corrected chi connectivity index (χ2v) is 9.86. The van der Waals surface area contributed by atoms with E-state index in [0.29, 0.717) is 0 Å². The molecule has 3 heteroatoms. The Morgan fingerprint density at radius 1 is 0.436 bits per heavy atom. The van der Waals surface area contributed by atoms with Gasteiger partial charge in [0.25, 0.3) is 0 Å². The lowest BCUT2D eigenvalue weighted by Crippen LogP contribution is -1.97. The van der Waals surface area contributed by atoms with Gasteiger partial charge in [-0.2, -0.15) is 0 Å². The predicted molar refractivity (Wildman–Crippen MR) is 162 cm³/mol. The lowest BCUT2D eigenvalue weighted by Gasteiger charge is -2.13. The zero-order chi connectivity index (χ0) is 25.8. The van der Waals surface area contributed by atoms with Crippen molar-refractivity contribution in [3.8, 4) is 28.3 Å². The van der Waals surface area contributed by atoms with E-state index in [1.165, 1.54) is 21.8 Å². The van der Waals surface area contributed by atoms with E-state index < -0.39 is 0 Å². The van der Waals surface area contributed by atoms with Gasteiger partial charge in [0.15, 0.2) is 5.82 Å². The molecule has 0 unspecified atom stereocenters. The molecule has 0 saturated carbocycles. The average Bonchev–Trinajstić information content (AvgIpc) is 3.35. The summed E-state index contributed by atoms with van der Waals surface area (Å²) in [5.74, 6) is 0.733. The molecule has 0 N–H and O–H groups in total. The van der Waals surface area contributed by atoms with Crippen LogP contribution in [0.15, 0.2) is 140 Å². The topological polar surface area (TPSA) is 30.7 Å². The van der Waals surface area contributed by atoms with Crippen molar-refractivity contribution in [3.05, 3.63) is 140 Å². The van der Waals surface area contributed by atoms with Crippen LogP contribution in [0.2, 0.25) is 0 Å². The summed E-state index contributed by atoms with van der Waals surface area (Å²) in [7, 11) is 0. The lowest BCUT2D eigenvalue weighted by atomic mass is 10.0. The maximum Gasteiger partial charge on any atom is 0.160 e. The molecule has 8 rings (SSSR count). The van der Waals surface area contributed by atoms with Gasteiger partial charge >= 0.3 is 0 Å². The Kier molecular flexibility index (Phi) is 4.82. The summed E-state index contributed by atoms with van der Waals surface area (Å²) >= 11 is 0. The van der Waals surface area contributed by atoms with E-state index >= 15 is 0 Å². The van der Waals surface area contributed by atoms with E-state index in [1.807, 2.05) is 24.3 Å². The van der Waals surface area contributed by atoms with Gasteiger partial charge < -0.3 is 4.57 Å². The maximum absolute atomic E-state index is 5.19. The molecule has 0 amide bonds. The molecule has 2 aromatic heterocycles. The highest BCUT2D eigenvalue weighted by Gasteiger charge is 2.16. The van der Waals surface area contributed by atoms with Crippen molar-refractivity contribution in [3.63, 3.8) is 0 Å². The van der Waals surface area contributed by atoms with Crippen LogP contribution in [0.4, 0.5) is 0 Å². The number of fused-ring (bicyclic) bond motifs is 6. The molecular formula is C36H23N3. The fraction of sp³-hybridized carbons (Fsp3) is 0. The van der Waals surface area contributed by atoms with Crippen molar-refractivity contribution in [1.82, 2.24) is 14.5 Å². The minimum atomic E-state index is 0.733. The first-order chi connectivity index (χ1) is 19.3. The minimum Gasteiger partial charge on any atom is -0.309 e. The fourth-order valence-electron chi connectivity index (χ4n) is 5.77. The minimum absolute atomic E-state index is 0.733. The van der Waals surface area contributed by atoms with Crippen molar-refractivity contribution in [2.75, 3.05) is 0 Å². The third kappa shape index (κ3) is 3.44. The number of hydrogen-bond donors (Lipinski definition) is 0. The Morgan fingerprint density at radius 2 is 1.03 bits per heavy atom. The summed E-state index contributed by atoms with van der Waals surface area (Å²) in [4.78, 5) is 10.3. The number of aromatic nitrogens is 3. The summed E-state index contributed by atoms with van der Waals surface area (Å²) in [6, 6.07) is 49.0. The standard InChI is InChI=1S/C36H23N3/c1-3-11-25(12-4-1)34-30-22-20-24-19-21-27(23-31(24)35(30)38-36(37-34)26-13-5-2-6-14-26)39-32-17-9-7-15-28(32)29-16-8-10-18-33(29)39/h1-23H. The summed E-state index contributed by atoms with van der Waals surface area (Å²) in [5.41, 5.74) is 7.51. The van der Waals surface area contributed by atoms with Crippen molar-refractivity contribution < 1.29 is 0 Å². The van der Waals surface area contributed by atoms with Crippen LogP contribution in [0.1, 0.15) is 0 Å². The molecule has 0 fully saturated rings. The van der Waals surface area contributed by atoms with Crippen LogP contribution >= 0.6 is 0 Å². The molecule has 3 nitrogen and oxygen atoms in total. The van der Waals surface area contributed by atoms with E-state index in [4.69, 9.17) is 9.97 Å². The van der Waals surface area contributed by atoms with E-state index in [-0.39, 0.29) is 0 Å². The van der Waals surface area contributed by atoms with E-state index in [2.05, 4.69) is 120 Å². The molecule has 0 aliphatic rings. The Bertz CT molecular complexity index is 2110. The van der Waals surface area contributed by atoms with Crippen LogP contribution in [0.5, 0.6) is 0 Å². The van der Waals surface area contributed by atoms with Crippen LogP contribution in [-0.4, -0.2) is 14.5 Å². The van der Waals surface area contributed by atoms with E-state index in [0.717, 1.165) is 50.0 Å². The van der Waals surface area contributed by atoms with E-state index in [9.17, 15) is 0 Å². The Labute approximate surface area is 225 Å². The van der Waals surface area contributed by atoms with Crippen molar-refractivity contribution in [1.29, 1.82) is 0 Å². The third-order valence-corrected chi connectivity index (χ3v) is 7.58. The zero-order valence-electron chi connectivity index (χ0n) is 21.1. The molecule has 0 spiro atoms. The highest BCUT2D eigenvalue weighted by molar-refractivity contribution is 6.12. The summed E-state index contributed by atoms with van der Waals surface area (Å²) in [6.45, 7) is 0. The molecule has 6 aromatic carbocycles. The van der Waals surface area contributed by atoms with Crippen molar-refractivity contribution >= 4 is 43.5 Å². The average molecular weight is 498 g/mol. The zero-order valence-corrected chi connectivity index (χ0v) is 21.1. The van der Waals surface area contributed by atoms with Gasteiger partial charge in [-0.15, -0.1) is 0 Å². The summed E-state index contributed by atoms with van der Waals surface area (Å²) < 4.78 is 2.36. The number of benzene rings is 6. The molecule has 0 saturated heterocycles. The normalized spacial score (nSPS) is 11.6. The van der Waals surface area contributed by atoms with Gasteiger partial charge in [0.1, 0.15) is 0 Å². The number of hydrogen-bond acceptors (Lipinski definition) is 2. The van der Waals surface area contributed by atoms with Crippen LogP contribution < -0.4 is 0 Å². The maximum atomic E-state index is 5.19. The second kappa shape index (κ2) is 8.64. The van der Waals surface area contributed by atoms with Gasteiger partial charge in [-0.05, 0) is 35.7 Å². The SMILES string of the molecule is c1ccc(-c2nc(-c3ccccc3)c3ccc4ccc(-n5c6ccccc6c6ccccc65)cc4c3n2)cc1. The molecule has 182 valence electrons.